The Morgan fingerprint density at radius 1 is 1.13 bits per heavy atom. The first-order valence-electron chi connectivity index (χ1n) is 11.4. The first-order valence-corrected chi connectivity index (χ1v) is 11.4. The van der Waals surface area contributed by atoms with Gasteiger partial charge in [-0.25, -0.2) is 4.98 Å². The van der Waals surface area contributed by atoms with Crippen LogP contribution in [0.1, 0.15) is 37.2 Å². The molecule has 7 heteroatoms. The standard InChI is InChI=1S/C24H34N4O3/c1-30-19-22-9-8-21(31-22)18-26-12-4-5-20(17-26)7-10-24(29)28-15-13-27(14-16-28)23-6-2-3-11-25-23/h2-3,6,8-9,11,20H,4-5,7,10,12-19H2,1H3. The normalized spacial score (nSPS) is 20.2. The van der Waals surface area contributed by atoms with E-state index in [0.717, 1.165) is 69.6 Å². The Labute approximate surface area is 185 Å². The highest BCUT2D eigenvalue weighted by Crippen LogP contribution is 2.24. The number of rotatable bonds is 8. The van der Waals surface area contributed by atoms with Crippen molar-refractivity contribution in [1.82, 2.24) is 14.8 Å². The van der Waals surface area contributed by atoms with Gasteiger partial charge in [-0.3, -0.25) is 9.69 Å². The van der Waals surface area contributed by atoms with Crippen molar-refractivity contribution in [3.63, 3.8) is 0 Å². The van der Waals surface area contributed by atoms with Crippen LogP contribution in [0, 0.1) is 5.92 Å². The second-order valence-electron chi connectivity index (χ2n) is 8.64. The molecule has 2 aliphatic heterocycles. The van der Waals surface area contributed by atoms with Gasteiger partial charge in [0, 0.05) is 52.5 Å². The number of nitrogens with zero attached hydrogens (tertiary/aromatic N) is 4. The number of methoxy groups -OCH3 is 1. The number of amides is 1. The third-order valence-electron chi connectivity index (χ3n) is 6.36. The van der Waals surface area contributed by atoms with Crippen LogP contribution in [-0.2, 0) is 22.7 Å². The quantitative estimate of drug-likeness (QED) is 0.646. The van der Waals surface area contributed by atoms with Gasteiger partial charge in [-0.15, -0.1) is 0 Å². The maximum absolute atomic E-state index is 12.8. The molecule has 0 spiro atoms. The van der Waals surface area contributed by atoms with Gasteiger partial charge in [0.2, 0.25) is 5.91 Å². The molecule has 4 rings (SSSR count). The van der Waals surface area contributed by atoms with E-state index in [2.05, 4.69) is 14.8 Å². The average Bonchev–Trinajstić information content (AvgIpc) is 3.25. The lowest BCUT2D eigenvalue weighted by atomic mass is 9.93. The van der Waals surface area contributed by atoms with Crippen LogP contribution in [0.25, 0.3) is 0 Å². The van der Waals surface area contributed by atoms with Gasteiger partial charge in [0.25, 0.3) is 0 Å². The minimum absolute atomic E-state index is 0.299. The molecule has 2 fully saturated rings. The minimum atomic E-state index is 0.299. The predicted octanol–water partition coefficient (Wildman–Crippen LogP) is 3.16. The van der Waals surface area contributed by atoms with E-state index >= 15 is 0 Å². The van der Waals surface area contributed by atoms with E-state index in [4.69, 9.17) is 9.15 Å². The Morgan fingerprint density at radius 2 is 1.97 bits per heavy atom. The van der Waals surface area contributed by atoms with Crippen LogP contribution in [0.15, 0.2) is 40.9 Å². The lowest BCUT2D eigenvalue weighted by Crippen LogP contribution is -2.49. The van der Waals surface area contributed by atoms with Gasteiger partial charge in [-0.2, -0.15) is 0 Å². The Bertz CT molecular complexity index is 817. The fourth-order valence-corrected chi connectivity index (χ4v) is 4.69. The van der Waals surface area contributed by atoms with Crippen LogP contribution in [0.3, 0.4) is 0 Å². The number of carbonyl (C=O) groups is 1. The van der Waals surface area contributed by atoms with Crippen molar-refractivity contribution in [2.45, 2.75) is 38.8 Å². The van der Waals surface area contributed by atoms with E-state index in [1.54, 1.807) is 7.11 Å². The molecule has 168 valence electrons. The highest BCUT2D eigenvalue weighted by molar-refractivity contribution is 5.76. The van der Waals surface area contributed by atoms with E-state index in [0.29, 0.717) is 24.9 Å². The monoisotopic (exact) mass is 426 g/mol. The zero-order valence-electron chi connectivity index (χ0n) is 18.5. The van der Waals surface area contributed by atoms with Crippen LogP contribution in [0.2, 0.25) is 0 Å². The molecule has 7 nitrogen and oxygen atoms in total. The number of aromatic nitrogens is 1. The van der Waals surface area contributed by atoms with Crippen molar-refractivity contribution in [3.05, 3.63) is 48.0 Å². The first-order chi connectivity index (χ1) is 15.2. The number of piperazine rings is 1. The van der Waals surface area contributed by atoms with Crippen molar-refractivity contribution in [1.29, 1.82) is 0 Å². The summed E-state index contributed by atoms with van der Waals surface area (Å²) >= 11 is 0. The number of likely N-dealkylation sites (tertiary alicyclic amines) is 1. The Kier molecular flexibility index (Phi) is 7.59. The molecule has 0 aliphatic carbocycles. The molecule has 0 radical (unpaired) electrons. The molecule has 2 saturated heterocycles. The molecule has 0 saturated carbocycles. The maximum Gasteiger partial charge on any atom is 0.222 e. The number of hydrogen-bond acceptors (Lipinski definition) is 6. The van der Waals surface area contributed by atoms with Crippen LogP contribution < -0.4 is 4.90 Å². The number of ether oxygens (including phenoxy) is 1. The molecule has 1 unspecified atom stereocenters. The second kappa shape index (κ2) is 10.8. The summed E-state index contributed by atoms with van der Waals surface area (Å²) in [5.41, 5.74) is 0. The zero-order valence-corrected chi connectivity index (χ0v) is 18.5. The van der Waals surface area contributed by atoms with Crippen LogP contribution in [0.4, 0.5) is 5.82 Å². The summed E-state index contributed by atoms with van der Waals surface area (Å²) in [6, 6.07) is 10.0. The first kappa shape index (κ1) is 21.8. The summed E-state index contributed by atoms with van der Waals surface area (Å²) in [5.74, 6) is 3.76. The molecule has 0 aromatic carbocycles. The maximum atomic E-state index is 12.8. The van der Waals surface area contributed by atoms with Gasteiger partial charge in [-0.1, -0.05) is 6.07 Å². The minimum Gasteiger partial charge on any atom is -0.462 e. The Morgan fingerprint density at radius 3 is 2.74 bits per heavy atom. The van der Waals surface area contributed by atoms with Crippen LogP contribution in [0.5, 0.6) is 0 Å². The SMILES string of the molecule is COCc1ccc(CN2CCCC(CCC(=O)N3CCN(c4ccccn4)CC3)C2)o1. The largest absolute Gasteiger partial charge is 0.462 e. The number of hydrogen-bond donors (Lipinski definition) is 0. The fourth-order valence-electron chi connectivity index (χ4n) is 4.69. The smallest absolute Gasteiger partial charge is 0.222 e. The molecular formula is C24H34N4O3. The van der Waals surface area contributed by atoms with E-state index in [1.165, 1.54) is 12.8 Å². The number of anilines is 1. The van der Waals surface area contributed by atoms with E-state index in [9.17, 15) is 4.79 Å². The van der Waals surface area contributed by atoms with Gasteiger partial charge in [0.15, 0.2) is 0 Å². The van der Waals surface area contributed by atoms with Crippen molar-refractivity contribution >= 4 is 11.7 Å². The molecule has 2 aromatic rings. The zero-order chi connectivity index (χ0) is 21.5. The summed E-state index contributed by atoms with van der Waals surface area (Å²) in [7, 11) is 1.68. The van der Waals surface area contributed by atoms with Crippen LogP contribution in [-0.4, -0.2) is 67.1 Å². The number of carbonyl (C=O) groups excluding carboxylic acids is 1. The number of pyridine rings is 1. The van der Waals surface area contributed by atoms with Gasteiger partial charge >= 0.3 is 0 Å². The predicted molar refractivity (Wildman–Crippen MR) is 120 cm³/mol. The van der Waals surface area contributed by atoms with E-state index in [1.807, 2.05) is 41.4 Å². The highest BCUT2D eigenvalue weighted by atomic mass is 16.5. The van der Waals surface area contributed by atoms with Crippen molar-refractivity contribution < 1.29 is 13.9 Å². The Balaban J connectivity index is 1.18. The van der Waals surface area contributed by atoms with Crippen molar-refractivity contribution in [3.8, 4) is 0 Å². The summed E-state index contributed by atoms with van der Waals surface area (Å²) < 4.78 is 11.0. The summed E-state index contributed by atoms with van der Waals surface area (Å²) in [4.78, 5) is 23.9. The molecule has 31 heavy (non-hydrogen) atoms. The van der Waals surface area contributed by atoms with Crippen LogP contribution >= 0.6 is 0 Å². The molecule has 4 heterocycles. The highest BCUT2D eigenvalue weighted by Gasteiger charge is 2.25. The lowest BCUT2D eigenvalue weighted by Gasteiger charge is -2.36. The average molecular weight is 427 g/mol. The van der Waals surface area contributed by atoms with Gasteiger partial charge in [0.1, 0.15) is 23.9 Å². The molecule has 0 N–H and O–H groups in total. The van der Waals surface area contributed by atoms with E-state index in [-0.39, 0.29) is 0 Å². The molecular weight excluding hydrogens is 392 g/mol. The topological polar surface area (TPSA) is 62.1 Å². The second-order valence-corrected chi connectivity index (χ2v) is 8.64. The third kappa shape index (κ3) is 6.08. The summed E-state index contributed by atoms with van der Waals surface area (Å²) in [6.07, 6.45) is 5.85. The van der Waals surface area contributed by atoms with Gasteiger partial charge in [-0.05, 0) is 56.0 Å². The Hall–Kier alpha value is -2.38. The lowest BCUT2D eigenvalue weighted by molar-refractivity contribution is -0.131. The van der Waals surface area contributed by atoms with Crippen molar-refractivity contribution in [2.75, 3.05) is 51.3 Å². The number of furan rings is 1. The summed E-state index contributed by atoms with van der Waals surface area (Å²) in [5, 5.41) is 0. The number of piperidine rings is 1. The molecule has 2 aromatic heterocycles. The summed E-state index contributed by atoms with van der Waals surface area (Å²) in [6.45, 7) is 6.77. The molecule has 0 bridgehead atoms. The molecule has 1 atom stereocenters. The molecule has 2 aliphatic rings. The van der Waals surface area contributed by atoms with Gasteiger partial charge < -0.3 is 19.0 Å². The fraction of sp³-hybridized carbons (Fsp3) is 0.583. The van der Waals surface area contributed by atoms with E-state index < -0.39 is 0 Å². The van der Waals surface area contributed by atoms with Crippen molar-refractivity contribution in [2.24, 2.45) is 5.92 Å². The molecule has 1 amide bonds. The van der Waals surface area contributed by atoms with Gasteiger partial charge in [0.05, 0.1) is 6.54 Å². The third-order valence-corrected chi connectivity index (χ3v) is 6.36.